The van der Waals surface area contributed by atoms with Crippen molar-refractivity contribution < 1.29 is 0 Å². The molecule has 0 spiro atoms. The molecule has 17 heavy (non-hydrogen) atoms. The SMILES string of the molecule is CN1CCC(c2nc(CCC(C)(C)N)cs2)C1. The number of hydrogen-bond acceptors (Lipinski definition) is 4. The molecule has 0 aromatic carbocycles. The molecule has 2 rings (SSSR count). The van der Waals surface area contributed by atoms with Crippen molar-refractivity contribution in [1.29, 1.82) is 0 Å². The van der Waals surface area contributed by atoms with Crippen LogP contribution in [0.3, 0.4) is 0 Å². The fourth-order valence-electron chi connectivity index (χ4n) is 2.21. The third-order valence-electron chi connectivity index (χ3n) is 3.34. The molecular weight excluding hydrogens is 230 g/mol. The third kappa shape index (κ3) is 3.76. The second-order valence-corrected chi connectivity index (χ2v) is 6.80. The number of nitrogens with zero attached hydrogens (tertiary/aromatic N) is 2. The summed E-state index contributed by atoms with van der Waals surface area (Å²) in [7, 11) is 2.19. The second kappa shape index (κ2) is 5.04. The molecule has 0 amide bonds. The van der Waals surface area contributed by atoms with E-state index in [0.29, 0.717) is 5.92 Å². The zero-order valence-corrected chi connectivity index (χ0v) is 11.9. The summed E-state index contributed by atoms with van der Waals surface area (Å²) in [4.78, 5) is 7.15. The zero-order chi connectivity index (χ0) is 12.5. The van der Waals surface area contributed by atoms with E-state index in [4.69, 9.17) is 10.7 Å². The summed E-state index contributed by atoms with van der Waals surface area (Å²) < 4.78 is 0. The number of nitrogens with two attached hydrogens (primary N) is 1. The van der Waals surface area contributed by atoms with Crippen LogP contribution in [0.5, 0.6) is 0 Å². The van der Waals surface area contributed by atoms with Gasteiger partial charge < -0.3 is 10.6 Å². The van der Waals surface area contributed by atoms with Gasteiger partial charge in [-0.15, -0.1) is 11.3 Å². The fourth-order valence-corrected chi connectivity index (χ4v) is 3.19. The van der Waals surface area contributed by atoms with Crippen molar-refractivity contribution in [3.05, 3.63) is 16.1 Å². The van der Waals surface area contributed by atoms with Crippen LogP contribution >= 0.6 is 11.3 Å². The summed E-state index contributed by atoms with van der Waals surface area (Å²) in [6, 6.07) is 0. The summed E-state index contributed by atoms with van der Waals surface area (Å²) in [6.45, 7) is 6.52. The quantitative estimate of drug-likeness (QED) is 0.895. The van der Waals surface area contributed by atoms with E-state index in [0.717, 1.165) is 19.4 Å². The van der Waals surface area contributed by atoms with Gasteiger partial charge >= 0.3 is 0 Å². The van der Waals surface area contributed by atoms with Gasteiger partial charge in [-0.3, -0.25) is 0 Å². The molecule has 0 aliphatic carbocycles. The molecule has 1 saturated heterocycles. The highest BCUT2D eigenvalue weighted by Gasteiger charge is 2.23. The number of thiazole rings is 1. The highest BCUT2D eigenvalue weighted by Crippen LogP contribution is 2.29. The van der Waals surface area contributed by atoms with Gasteiger partial charge in [-0.1, -0.05) is 0 Å². The maximum absolute atomic E-state index is 6.00. The topological polar surface area (TPSA) is 42.2 Å². The maximum Gasteiger partial charge on any atom is 0.0972 e. The summed E-state index contributed by atoms with van der Waals surface area (Å²) in [5, 5.41) is 3.53. The first-order chi connectivity index (χ1) is 7.94. The highest BCUT2D eigenvalue weighted by molar-refractivity contribution is 7.09. The van der Waals surface area contributed by atoms with Gasteiger partial charge in [-0.25, -0.2) is 4.98 Å². The Morgan fingerprint density at radius 2 is 2.35 bits per heavy atom. The Hall–Kier alpha value is -0.450. The molecule has 0 radical (unpaired) electrons. The van der Waals surface area contributed by atoms with Crippen LogP contribution in [0.25, 0.3) is 0 Å². The van der Waals surface area contributed by atoms with E-state index in [-0.39, 0.29) is 5.54 Å². The van der Waals surface area contributed by atoms with Crippen LogP contribution in [-0.4, -0.2) is 35.6 Å². The molecule has 1 aromatic rings. The van der Waals surface area contributed by atoms with Crippen LogP contribution in [-0.2, 0) is 6.42 Å². The van der Waals surface area contributed by atoms with Crippen LogP contribution in [0, 0.1) is 0 Å². The summed E-state index contributed by atoms with van der Waals surface area (Å²) in [5.41, 5.74) is 7.13. The van der Waals surface area contributed by atoms with Gasteiger partial charge in [-0.05, 0) is 46.7 Å². The lowest BCUT2D eigenvalue weighted by Gasteiger charge is -2.16. The van der Waals surface area contributed by atoms with Gasteiger partial charge in [0.05, 0.1) is 10.7 Å². The minimum absolute atomic E-state index is 0.0860. The van der Waals surface area contributed by atoms with E-state index < -0.39 is 0 Å². The van der Waals surface area contributed by atoms with Crippen molar-refractivity contribution in [2.75, 3.05) is 20.1 Å². The van der Waals surface area contributed by atoms with Crippen LogP contribution < -0.4 is 5.73 Å². The average molecular weight is 253 g/mol. The number of likely N-dealkylation sites (tertiary alicyclic amines) is 1. The Labute approximate surface area is 108 Å². The molecule has 1 atom stereocenters. The van der Waals surface area contributed by atoms with Crippen molar-refractivity contribution in [2.24, 2.45) is 5.73 Å². The van der Waals surface area contributed by atoms with E-state index in [9.17, 15) is 0 Å². The standard InChI is InChI=1S/C13H23N3S/c1-13(2,14)6-4-11-9-17-12(15-11)10-5-7-16(3)8-10/h9-10H,4-8,14H2,1-3H3. The summed E-state index contributed by atoms with van der Waals surface area (Å²) in [5.74, 6) is 0.657. The van der Waals surface area contributed by atoms with E-state index in [2.05, 4.69) is 31.2 Å². The molecule has 2 heterocycles. The first-order valence-corrected chi connectivity index (χ1v) is 7.24. The average Bonchev–Trinajstić information content (AvgIpc) is 2.81. The molecule has 1 aliphatic heterocycles. The number of likely N-dealkylation sites (N-methyl/N-ethyl adjacent to an activating group) is 1. The summed E-state index contributed by atoms with van der Waals surface area (Å²) >= 11 is 1.82. The van der Waals surface area contributed by atoms with E-state index in [1.165, 1.54) is 23.7 Å². The van der Waals surface area contributed by atoms with Crippen molar-refractivity contribution in [2.45, 2.75) is 44.6 Å². The number of aryl methyl sites for hydroxylation is 1. The zero-order valence-electron chi connectivity index (χ0n) is 11.1. The number of rotatable bonds is 4. The summed E-state index contributed by atoms with van der Waals surface area (Å²) in [6.07, 6.45) is 3.26. The third-order valence-corrected chi connectivity index (χ3v) is 4.39. The van der Waals surface area contributed by atoms with Crippen LogP contribution in [0.1, 0.15) is 43.3 Å². The molecule has 4 heteroatoms. The molecule has 1 fully saturated rings. The first kappa shape index (κ1) is 13.0. The van der Waals surface area contributed by atoms with Gasteiger partial charge in [0.25, 0.3) is 0 Å². The van der Waals surface area contributed by atoms with Crippen LogP contribution in [0.4, 0.5) is 0 Å². The highest BCUT2D eigenvalue weighted by atomic mass is 32.1. The van der Waals surface area contributed by atoms with Gasteiger partial charge in [0.2, 0.25) is 0 Å². The van der Waals surface area contributed by atoms with Gasteiger partial charge in [0.15, 0.2) is 0 Å². The minimum atomic E-state index is -0.0860. The lowest BCUT2D eigenvalue weighted by atomic mass is 9.99. The van der Waals surface area contributed by atoms with E-state index in [1.807, 2.05) is 11.3 Å². The minimum Gasteiger partial charge on any atom is -0.326 e. The van der Waals surface area contributed by atoms with Crippen molar-refractivity contribution in [3.8, 4) is 0 Å². The van der Waals surface area contributed by atoms with Crippen LogP contribution in [0.15, 0.2) is 5.38 Å². The van der Waals surface area contributed by atoms with Gasteiger partial charge in [0.1, 0.15) is 0 Å². The Balaban J connectivity index is 1.92. The first-order valence-electron chi connectivity index (χ1n) is 6.36. The normalized spacial score (nSPS) is 22.2. The predicted molar refractivity (Wildman–Crippen MR) is 73.6 cm³/mol. The smallest absolute Gasteiger partial charge is 0.0972 e. The molecule has 3 nitrogen and oxygen atoms in total. The molecule has 96 valence electrons. The lowest BCUT2D eigenvalue weighted by Crippen LogP contribution is -2.32. The van der Waals surface area contributed by atoms with Gasteiger partial charge in [0, 0.05) is 23.4 Å². The molecular formula is C13H23N3S. The van der Waals surface area contributed by atoms with Crippen LogP contribution in [0.2, 0.25) is 0 Å². The molecule has 1 aliphatic rings. The molecule has 0 bridgehead atoms. The molecule has 2 N–H and O–H groups in total. The maximum atomic E-state index is 6.00. The Kier molecular flexibility index (Phi) is 3.85. The predicted octanol–water partition coefficient (Wildman–Crippen LogP) is 2.23. The lowest BCUT2D eigenvalue weighted by molar-refractivity contribution is 0.411. The number of aromatic nitrogens is 1. The molecule has 1 unspecified atom stereocenters. The Morgan fingerprint density at radius 3 is 2.94 bits per heavy atom. The van der Waals surface area contributed by atoms with Crippen molar-refractivity contribution in [1.82, 2.24) is 9.88 Å². The Bertz CT molecular complexity index is 367. The van der Waals surface area contributed by atoms with Gasteiger partial charge in [-0.2, -0.15) is 0 Å². The van der Waals surface area contributed by atoms with E-state index in [1.54, 1.807) is 0 Å². The number of hydrogen-bond donors (Lipinski definition) is 1. The molecule has 0 saturated carbocycles. The monoisotopic (exact) mass is 253 g/mol. The van der Waals surface area contributed by atoms with E-state index >= 15 is 0 Å². The van der Waals surface area contributed by atoms with Crippen molar-refractivity contribution in [3.63, 3.8) is 0 Å². The largest absolute Gasteiger partial charge is 0.326 e. The fraction of sp³-hybridized carbons (Fsp3) is 0.769. The molecule has 1 aromatic heterocycles. The second-order valence-electron chi connectivity index (χ2n) is 5.91. The van der Waals surface area contributed by atoms with Crippen molar-refractivity contribution >= 4 is 11.3 Å². The Morgan fingerprint density at radius 1 is 1.59 bits per heavy atom.